The topological polar surface area (TPSA) is 110 Å². The zero-order valence-electron chi connectivity index (χ0n) is 33.2. The van der Waals surface area contributed by atoms with Gasteiger partial charge < -0.3 is 15.1 Å². The number of carboxylic acid groups (broad SMARTS) is 2. The molecule has 0 unspecified atom stereocenters. The SMILES string of the molecule is C.C#C.CC.CN1CC(/C=C/C2=Nc3c(ccc[n+]3CCCCCC(=O)O)C2(C)C)=C(Cl)C(=C/C=C2/N=C3C(=CC=CN3CCCCCC(=O)O)C2(C)C)/C1. The Morgan fingerprint density at radius 1 is 0.927 bits per heavy atom. The van der Waals surface area contributed by atoms with Gasteiger partial charge in [0.25, 0.3) is 0 Å². The number of nitrogens with zero attached hydrogens (tertiary/aromatic N) is 5. The highest BCUT2D eigenvalue weighted by atomic mass is 35.5. The number of halogens is 1. The molecule has 0 saturated carbocycles. The second-order valence-electron chi connectivity index (χ2n) is 14.7. The number of hydrogen-bond donors (Lipinski definition) is 2. The van der Waals surface area contributed by atoms with Gasteiger partial charge >= 0.3 is 17.8 Å². The number of aliphatic imine (C=N–C) groups is 2. The molecule has 4 aliphatic rings. The molecule has 1 aromatic rings. The van der Waals surface area contributed by atoms with E-state index in [1.165, 1.54) is 11.1 Å². The average molecular weight is 773 g/mol. The second-order valence-corrected chi connectivity index (χ2v) is 15.1. The first-order valence-corrected chi connectivity index (χ1v) is 19.5. The molecule has 0 atom stereocenters. The number of aryl methyl sites for hydroxylation is 1. The molecular formula is C45H63ClN5O4+. The summed E-state index contributed by atoms with van der Waals surface area (Å²) in [6.45, 7) is 15.9. The van der Waals surface area contributed by atoms with Crippen LogP contribution < -0.4 is 4.57 Å². The number of pyridine rings is 1. The smallest absolute Gasteiger partial charge is 0.327 e. The summed E-state index contributed by atoms with van der Waals surface area (Å²) in [6.07, 6.45) is 30.1. The summed E-state index contributed by atoms with van der Waals surface area (Å²) >= 11 is 7.11. The van der Waals surface area contributed by atoms with Crippen molar-refractivity contribution in [3.05, 3.63) is 94.0 Å². The molecule has 2 N–H and O–H groups in total. The number of fused-ring (bicyclic) bond motifs is 2. The summed E-state index contributed by atoms with van der Waals surface area (Å²) in [5.41, 5.74) is 5.87. The fraction of sp³-hybridized carbons (Fsp3) is 0.489. The molecule has 1 aromatic heterocycles. The van der Waals surface area contributed by atoms with E-state index in [2.05, 4.69) is 123 Å². The van der Waals surface area contributed by atoms with Crippen LogP contribution in [-0.2, 0) is 21.5 Å². The molecular weight excluding hydrogens is 710 g/mol. The molecule has 0 amide bonds. The first-order chi connectivity index (χ1) is 25.8. The van der Waals surface area contributed by atoms with Crippen molar-refractivity contribution in [2.45, 2.75) is 112 Å². The van der Waals surface area contributed by atoms with Gasteiger partial charge in [0, 0.05) is 54.7 Å². The van der Waals surface area contributed by atoms with Gasteiger partial charge in [-0.25, -0.2) is 9.56 Å². The number of terminal acetylenes is 1. The molecule has 10 heteroatoms. The first-order valence-electron chi connectivity index (χ1n) is 19.1. The van der Waals surface area contributed by atoms with E-state index in [1.807, 2.05) is 13.8 Å². The lowest BCUT2D eigenvalue weighted by molar-refractivity contribution is -0.684. The molecule has 55 heavy (non-hydrogen) atoms. The van der Waals surface area contributed by atoms with Crippen LogP contribution in [0.25, 0.3) is 0 Å². The first kappa shape index (κ1) is 46.6. The van der Waals surface area contributed by atoms with Crippen molar-refractivity contribution in [1.82, 2.24) is 9.80 Å². The summed E-state index contributed by atoms with van der Waals surface area (Å²) in [5.74, 6) is 0.443. The number of carbonyl (C=O) groups is 2. The molecule has 9 nitrogen and oxygen atoms in total. The molecule has 0 aliphatic carbocycles. The van der Waals surface area contributed by atoms with Crippen LogP contribution in [0.5, 0.6) is 0 Å². The normalized spacial score (nSPS) is 19.4. The predicted molar refractivity (Wildman–Crippen MR) is 228 cm³/mol. The Labute approximate surface area is 335 Å². The fourth-order valence-corrected chi connectivity index (χ4v) is 7.26. The summed E-state index contributed by atoms with van der Waals surface area (Å²) in [5, 5.41) is 18.6. The Morgan fingerprint density at radius 2 is 1.58 bits per heavy atom. The minimum atomic E-state index is -0.743. The third kappa shape index (κ3) is 11.7. The quantitative estimate of drug-likeness (QED) is 0.104. The van der Waals surface area contributed by atoms with Crippen molar-refractivity contribution in [2.24, 2.45) is 15.4 Å². The molecule has 298 valence electrons. The molecule has 0 aromatic carbocycles. The van der Waals surface area contributed by atoms with Crippen LogP contribution >= 0.6 is 11.6 Å². The van der Waals surface area contributed by atoms with E-state index in [9.17, 15) is 9.59 Å². The van der Waals surface area contributed by atoms with Crippen LogP contribution in [0.2, 0.25) is 0 Å². The van der Waals surface area contributed by atoms with Gasteiger partial charge in [-0.1, -0.05) is 71.4 Å². The third-order valence-corrected chi connectivity index (χ3v) is 10.6. The third-order valence-electron chi connectivity index (χ3n) is 10.1. The van der Waals surface area contributed by atoms with Crippen molar-refractivity contribution in [3.63, 3.8) is 0 Å². The van der Waals surface area contributed by atoms with Gasteiger partial charge in [-0.05, 0) is 99.5 Å². The van der Waals surface area contributed by atoms with Crippen LogP contribution in [0.3, 0.4) is 0 Å². The fourth-order valence-electron chi connectivity index (χ4n) is 7.01. The molecule has 0 spiro atoms. The number of hydrogen-bond acceptors (Lipinski definition) is 6. The van der Waals surface area contributed by atoms with Crippen LogP contribution in [0, 0.1) is 18.3 Å². The van der Waals surface area contributed by atoms with Gasteiger partial charge in [-0.3, -0.25) is 14.5 Å². The molecule has 5 rings (SSSR count). The lowest BCUT2D eigenvalue weighted by Gasteiger charge is -2.28. The van der Waals surface area contributed by atoms with Crippen molar-refractivity contribution >= 4 is 40.9 Å². The van der Waals surface area contributed by atoms with E-state index in [4.69, 9.17) is 31.8 Å². The van der Waals surface area contributed by atoms with Crippen LogP contribution in [0.15, 0.2) is 98.4 Å². The zero-order valence-corrected chi connectivity index (χ0v) is 34.0. The molecule has 0 saturated heterocycles. The van der Waals surface area contributed by atoms with Gasteiger partial charge in [-0.15, -0.1) is 12.8 Å². The van der Waals surface area contributed by atoms with Crippen LogP contribution in [0.1, 0.15) is 106 Å². The van der Waals surface area contributed by atoms with E-state index in [0.29, 0.717) is 12.8 Å². The lowest BCUT2D eigenvalue weighted by Crippen LogP contribution is -2.34. The molecule has 5 heterocycles. The van der Waals surface area contributed by atoms with Gasteiger partial charge in [0.1, 0.15) is 5.84 Å². The highest BCUT2D eigenvalue weighted by molar-refractivity contribution is 6.32. The number of aliphatic carboxylic acids is 2. The maximum Gasteiger partial charge on any atom is 0.327 e. The van der Waals surface area contributed by atoms with Crippen molar-refractivity contribution in [1.29, 1.82) is 0 Å². The zero-order chi connectivity index (χ0) is 40.1. The highest BCUT2D eigenvalue weighted by Crippen LogP contribution is 2.44. The molecule has 0 bridgehead atoms. The summed E-state index contributed by atoms with van der Waals surface area (Å²) < 4.78 is 2.19. The van der Waals surface area contributed by atoms with Gasteiger partial charge in [0.15, 0.2) is 5.71 Å². The monoisotopic (exact) mass is 772 g/mol. The predicted octanol–water partition coefficient (Wildman–Crippen LogP) is 9.54. The maximum atomic E-state index is 10.9. The largest absolute Gasteiger partial charge is 0.481 e. The van der Waals surface area contributed by atoms with E-state index in [0.717, 1.165) is 91.1 Å². The maximum absolute atomic E-state index is 10.9. The van der Waals surface area contributed by atoms with Gasteiger partial charge in [0.2, 0.25) is 0 Å². The van der Waals surface area contributed by atoms with Gasteiger partial charge in [-0.2, -0.15) is 0 Å². The minimum Gasteiger partial charge on any atom is -0.481 e. The number of carboxylic acids is 2. The highest BCUT2D eigenvalue weighted by Gasteiger charge is 2.42. The lowest BCUT2D eigenvalue weighted by atomic mass is 9.81. The number of unbranched alkanes of at least 4 members (excludes halogenated alkanes) is 4. The number of amidine groups is 1. The second kappa shape index (κ2) is 21.5. The summed E-state index contributed by atoms with van der Waals surface area (Å²) in [7, 11) is 2.10. The number of rotatable bonds is 15. The molecule has 4 aliphatic heterocycles. The Hall–Kier alpha value is -4.52. The van der Waals surface area contributed by atoms with Crippen molar-refractivity contribution in [3.8, 4) is 12.8 Å². The van der Waals surface area contributed by atoms with E-state index < -0.39 is 11.9 Å². The minimum absolute atomic E-state index is 0. The summed E-state index contributed by atoms with van der Waals surface area (Å²) in [6, 6.07) is 4.22. The molecule has 0 fully saturated rings. The van der Waals surface area contributed by atoms with Crippen molar-refractivity contribution < 1.29 is 24.4 Å². The number of aromatic nitrogens is 1. The Balaban J connectivity index is 0.00000202. The molecule has 0 radical (unpaired) electrons. The van der Waals surface area contributed by atoms with E-state index in [-0.39, 0.29) is 31.1 Å². The van der Waals surface area contributed by atoms with E-state index >= 15 is 0 Å². The Kier molecular flexibility index (Phi) is 18.3. The van der Waals surface area contributed by atoms with Gasteiger partial charge in [0.05, 0.1) is 29.4 Å². The van der Waals surface area contributed by atoms with Crippen LogP contribution in [-0.4, -0.2) is 70.2 Å². The van der Waals surface area contributed by atoms with Crippen LogP contribution in [0.4, 0.5) is 5.82 Å². The standard InChI is InChI=1S/C40H50ClN5O4.C2H6.C2H2.CH4/c1-39(2)30-14-12-24-45(22-10-6-8-16-34(47)48)37(30)42-32(39)20-18-28-26-44(5)27-29(36(28)41)19-21-33-40(3,4)31-15-13-25-46(38(31)43-33)23-11-7-9-17-35(49)50;2*1-2;/h12-15,18-21,24-25H,6-11,16-17,22-23,26-27H2,1-5H3,(H-,47,48,49,50);1-2H3;1-2H;1H4/p+1. The number of likely N-dealkylation sites (N-methyl/N-ethyl adjacent to an activating group) is 1. The van der Waals surface area contributed by atoms with E-state index in [1.54, 1.807) is 0 Å². The summed E-state index contributed by atoms with van der Waals surface area (Å²) in [4.78, 5) is 36.4. The average Bonchev–Trinajstić information content (AvgIpc) is 3.56. The van der Waals surface area contributed by atoms with Crippen molar-refractivity contribution in [2.75, 3.05) is 26.7 Å². The Morgan fingerprint density at radius 3 is 2.24 bits per heavy atom. The Bertz CT molecular complexity index is 1810. The number of allylic oxidation sites excluding steroid dienone is 6.